The molecule has 0 fully saturated rings. The van der Waals surface area contributed by atoms with Gasteiger partial charge in [0.15, 0.2) is 0 Å². The maximum absolute atomic E-state index is 12.3. The Morgan fingerprint density at radius 2 is 1.45 bits per heavy atom. The SMILES string of the molecule is CC(C)(C)Cc1cccc(-c2cccc(OC(F)(F)F)c2)c1. The minimum atomic E-state index is -4.67. The minimum Gasteiger partial charge on any atom is -0.406 e. The van der Waals surface area contributed by atoms with Crippen molar-refractivity contribution in [1.82, 2.24) is 0 Å². The summed E-state index contributed by atoms with van der Waals surface area (Å²) in [6.45, 7) is 6.45. The fourth-order valence-electron chi connectivity index (χ4n) is 2.35. The molecule has 0 saturated heterocycles. The quantitative estimate of drug-likeness (QED) is 0.692. The van der Waals surface area contributed by atoms with Gasteiger partial charge in [0.2, 0.25) is 0 Å². The van der Waals surface area contributed by atoms with Crippen LogP contribution in [0, 0.1) is 5.41 Å². The first-order chi connectivity index (χ1) is 10.1. The molecule has 22 heavy (non-hydrogen) atoms. The first-order valence-corrected chi connectivity index (χ1v) is 7.08. The van der Waals surface area contributed by atoms with E-state index in [0.717, 1.165) is 17.5 Å². The molecule has 0 radical (unpaired) electrons. The van der Waals surface area contributed by atoms with Gasteiger partial charge in [0.1, 0.15) is 5.75 Å². The number of halogens is 3. The van der Waals surface area contributed by atoms with Gasteiger partial charge in [-0.05, 0) is 40.7 Å². The summed E-state index contributed by atoms with van der Waals surface area (Å²) < 4.78 is 40.9. The second-order valence-electron chi connectivity index (χ2n) is 6.51. The average molecular weight is 308 g/mol. The van der Waals surface area contributed by atoms with Crippen LogP contribution in [0.3, 0.4) is 0 Å². The van der Waals surface area contributed by atoms with E-state index >= 15 is 0 Å². The van der Waals surface area contributed by atoms with E-state index in [1.165, 1.54) is 12.1 Å². The molecule has 0 bridgehead atoms. The van der Waals surface area contributed by atoms with Crippen LogP contribution < -0.4 is 4.74 Å². The molecular formula is C18H19F3O. The molecule has 0 aromatic heterocycles. The Kier molecular flexibility index (Phi) is 4.50. The van der Waals surface area contributed by atoms with E-state index in [-0.39, 0.29) is 11.2 Å². The Morgan fingerprint density at radius 3 is 2.05 bits per heavy atom. The monoisotopic (exact) mass is 308 g/mol. The summed E-state index contributed by atoms with van der Waals surface area (Å²) in [7, 11) is 0. The Balaban J connectivity index is 2.28. The van der Waals surface area contributed by atoms with Crippen molar-refractivity contribution in [1.29, 1.82) is 0 Å². The summed E-state index contributed by atoms with van der Waals surface area (Å²) in [5, 5.41) is 0. The average Bonchev–Trinajstić information content (AvgIpc) is 2.35. The van der Waals surface area contributed by atoms with Crippen molar-refractivity contribution >= 4 is 0 Å². The summed E-state index contributed by atoms with van der Waals surface area (Å²) in [5.74, 6) is -0.203. The first kappa shape index (κ1) is 16.4. The molecule has 2 aromatic rings. The van der Waals surface area contributed by atoms with Crippen molar-refractivity contribution < 1.29 is 17.9 Å². The van der Waals surface area contributed by atoms with Gasteiger partial charge >= 0.3 is 6.36 Å². The van der Waals surface area contributed by atoms with Crippen LogP contribution in [0.15, 0.2) is 48.5 Å². The molecule has 1 nitrogen and oxygen atoms in total. The summed E-state index contributed by atoms with van der Waals surface area (Å²) in [6, 6.07) is 13.9. The lowest BCUT2D eigenvalue weighted by Gasteiger charge is -2.18. The number of benzene rings is 2. The smallest absolute Gasteiger partial charge is 0.406 e. The predicted molar refractivity (Wildman–Crippen MR) is 81.7 cm³/mol. The maximum atomic E-state index is 12.3. The summed E-state index contributed by atoms with van der Waals surface area (Å²) in [6.07, 6.45) is -3.77. The molecule has 0 saturated carbocycles. The van der Waals surface area contributed by atoms with E-state index in [1.807, 2.05) is 24.3 Å². The molecule has 0 aliphatic rings. The second-order valence-corrected chi connectivity index (χ2v) is 6.51. The van der Waals surface area contributed by atoms with Crippen LogP contribution in [0.2, 0.25) is 0 Å². The Morgan fingerprint density at radius 1 is 0.864 bits per heavy atom. The number of rotatable bonds is 3. The Labute approximate surface area is 128 Å². The van der Waals surface area contributed by atoms with E-state index in [2.05, 4.69) is 25.5 Å². The third-order valence-electron chi connectivity index (χ3n) is 3.06. The van der Waals surface area contributed by atoms with Crippen LogP contribution >= 0.6 is 0 Å². The summed E-state index contributed by atoms with van der Waals surface area (Å²) in [5.41, 5.74) is 2.90. The van der Waals surface area contributed by atoms with Crippen LogP contribution in [0.4, 0.5) is 13.2 Å². The van der Waals surface area contributed by atoms with Crippen molar-refractivity contribution in [3.63, 3.8) is 0 Å². The fourth-order valence-corrected chi connectivity index (χ4v) is 2.35. The molecule has 2 rings (SSSR count). The van der Waals surface area contributed by atoms with Crippen molar-refractivity contribution in [3.8, 4) is 16.9 Å². The standard InChI is InChI=1S/C18H19F3O/c1-17(2,3)12-13-6-4-7-14(10-13)15-8-5-9-16(11-15)22-18(19,20)21/h4-11H,12H2,1-3H3. The highest BCUT2D eigenvalue weighted by Gasteiger charge is 2.31. The highest BCUT2D eigenvalue weighted by molar-refractivity contribution is 5.65. The zero-order valence-corrected chi connectivity index (χ0v) is 12.9. The van der Waals surface area contributed by atoms with Crippen LogP contribution in [0.5, 0.6) is 5.75 Å². The Bertz CT molecular complexity index is 582. The van der Waals surface area contributed by atoms with E-state index in [1.54, 1.807) is 12.1 Å². The molecular weight excluding hydrogens is 289 g/mol. The van der Waals surface area contributed by atoms with Crippen LogP contribution in [0.25, 0.3) is 11.1 Å². The van der Waals surface area contributed by atoms with Gasteiger partial charge in [-0.25, -0.2) is 0 Å². The molecule has 2 aromatic carbocycles. The highest BCUT2D eigenvalue weighted by atomic mass is 19.4. The summed E-state index contributed by atoms with van der Waals surface area (Å²) >= 11 is 0. The van der Waals surface area contributed by atoms with Crippen LogP contribution in [-0.4, -0.2) is 6.36 Å². The fraction of sp³-hybridized carbons (Fsp3) is 0.333. The number of alkyl halides is 3. The molecule has 0 heterocycles. The van der Waals surface area contributed by atoms with Gasteiger partial charge in [-0.15, -0.1) is 13.2 Å². The van der Waals surface area contributed by atoms with Crippen LogP contribution in [0.1, 0.15) is 26.3 Å². The molecule has 0 atom stereocenters. The van der Waals surface area contributed by atoms with Gasteiger partial charge in [0, 0.05) is 0 Å². The molecule has 0 aliphatic carbocycles. The number of hydrogen-bond donors (Lipinski definition) is 0. The van der Waals surface area contributed by atoms with E-state index in [0.29, 0.717) is 5.56 Å². The molecule has 0 amide bonds. The van der Waals surface area contributed by atoms with E-state index < -0.39 is 6.36 Å². The Hall–Kier alpha value is -1.97. The van der Waals surface area contributed by atoms with Gasteiger partial charge in [-0.1, -0.05) is 57.2 Å². The molecule has 4 heteroatoms. The van der Waals surface area contributed by atoms with Crippen molar-refractivity contribution in [2.45, 2.75) is 33.6 Å². The first-order valence-electron chi connectivity index (χ1n) is 7.08. The van der Waals surface area contributed by atoms with Gasteiger partial charge in [0.25, 0.3) is 0 Å². The minimum absolute atomic E-state index is 0.153. The molecule has 0 unspecified atom stereocenters. The molecule has 0 spiro atoms. The molecule has 118 valence electrons. The zero-order valence-electron chi connectivity index (χ0n) is 12.9. The topological polar surface area (TPSA) is 9.23 Å². The van der Waals surface area contributed by atoms with E-state index in [9.17, 15) is 13.2 Å². The van der Waals surface area contributed by atoms with E-state index in [4.69, 9.17) is 0 Å². The third kappa shape index (κ3) is 5.10. The zero-order chi connectivity index (χ0) is 16.4. The lowest BCUT2D eigenvalue weighted by atomic mass is 9.87. The number of ether oxygens (including phenoxy) is 1. The lowest BCUT2D eigenvalue weighted by molar-refractivity contribution is -0.274. The van der Waals surface area contributed by atoms with Crippen LogP contribution in [-0.2, 0) is 6.42 Å². The van der Waals surface area contributed by atoms with Gasteiger partial charge < -0.3 is 4.74 Å². The lowest BCUT2D eigenvalue weighted by Crippen LogP contribution is -2.17. The molecule has 0 aliphatic heterocycles. The van der Waals surface area contributed by atoms with Crippen molar-refractivity contribution in [3.05, 3.63) is 54.1 Å². The highest BCUT2D eigenvalue weighted by Crippen LogP contribution is 2.29. The van der Waals surface area contributed by atoms with Crippen molar-refractivity contribution in [2.24, 2.45) is 5.41 Å². The van der Waals surface area contributed by atoms with Gasteiger partial charge in [-0.2, -0.15) is 0 Å². The normalized spacial score (nSPS) is 12.3. The largest absolute Gasteiger partial charge is 0.573 e. The molecule has 0 N–H and O–H groups in total. The van der Waals surface area contributed by atoms with Crippen molar-refractivity contribution in [2.75, 3.05) is 0 Å². The third-order valence-corrected chi connectivity index (χ3v) is 3.06. The van der Waals surface area contributed by atoms with Gasteiger partial charge in [0.05, 0.1) is 0 Å². The predicted octanol–water partition coefficient (Wildman–Crippen LogP) is 5.84. The number of hydrogen-bond acceptors (Lipinski definition) is 1. The van der Waals surface area contributed by atoms with Gasteiger partial charge in [-0.3, -0.25) is 0 Å². The maximum Gasteiger partial charge on any atom is 0.573 e. The summed E-state index contributed by atoms with van der Waals surface area (Å²) in [4.78, 5) is 0. The second kappa shape index (κ2) is 6.03.